The van der Waals surface area contributed by atoms with Crippen molar-refractivity contribution in [1.82, 2.24) is 13.1 Å². The van der Waals surface area contributed by atoms with Gasteiger partial charge in [-0.2, -0.15) is 13.1 Å². The number of benzene rings is 1. The van der Waals surface area contributed by atoms with Crippen LogP contribution >= 0.6 is 11.7 Å². The minimum Gasteiger partial charge on any atom is -0.468 e. The lowest BCUT2D eigenvalue weighted by atomic mass is 10.2. The molecule has 0 bridgehead atoms. The summed E-state index contributed by atoms with van der Waals surface area (Å²) in [6, 6.07) is 8.42. The highest BCUT2D eigenvalue weighted by atomic mass is 32.2. The first kappa shape index (κ1) is 13.9. The number of aromatic nitrogens is 2. The fraction of sp³-hybridized carbons (Fsp3) is 0.286. The Balaban J connectivity index is 1.82. The lowest BCUT2D eigenvalue weighted by Gasteiger charge is -2.22. The normalized spacial score (nSPS) is 19.9. The first-order chi connectivity index (χ1) is 10.7. The summed E-state index contributed by atoms with van der Waals surface area (Å²) in [5.41, 5.74) is 1.05. The van der Waals surface area contributed by atoms with E-state index in [2.05, 4.69) is 8.75 Å². The maximum Gasteiger partial charge on any atom is 0.246 e. The molecule has 22 heavy (non-hydrogen) atoms. The van der Waals surface area contributed by atoms with Crippen LogP contribution in [0.4, 0.5) is 0 Å². The summed E-state index contributed by atoms with van der Waals surface area (Å²) in [6.45, 7) is 0.488. The summed E-state index contributed by atoms with van der Waals surface area (Å²) in [4.78, 5) is 0.220. The van der Waals surface area contributed by atoms with Crippen molar-refractivity contribution in [2.75, 3.05) is 6.54 Å². The van der Waals surface area contributed by atoms with E-state index in [4.69, 9.17) is 4.42 Å². The fourth-order valence-electron chi connectivity index (χ4n) is 2.91. The number of hydrogen-bond acceptors (Lipinski definition) is 6. The molecule has 1 aliphatic rings. The summed E-state index contributed by atoms with van der Waals surface area (Å²) >= 11 is 1.02. The van der Waals surface area contributed by atoms with Gasteiger partial charge in [-0.05, 0) is 37.1 Å². The molecule has 0 unspecified atom stereocenters. The van der Waals surface area contributed by atoms with Crippen molar-refractivity contribution < 1.29 is 12.8 Å². The molecule has 3 heterocycles. The van der Waals surface area contributed by atoms with Gasteiger partial charge in [0.2, 0.25) is 10.0 Å². The Hall–Kier alpha value is -1.77. The molecule has 0 radical (unpaired) electrons. The molecule has 1 aromatic carbocycles. The van der Waals surface area contributed by atoms with Gasteiger partial charge in [-0.25, -0.2) is 8.42 Å². The van der Waals surface area contributed by atoms with E-state index >= 15 is 0 Å². The summed E-state index contributed by atoms with van der Waals surface area (Å²) in [6.07, 6.45) is 3.15. The molecule has 0 aliphatic carbocycles. The van der Waals surface area contributed by atoms with E-state index in [0.29, 0.717) is 23.3 Å². The first-order valence-corrected chi connectivity index (χ1v) is 9.11. The Bertz CT molecular complexity index is 902. The van der Waals surface area contributed by atoms with Crippen molar-refractivity contribution >= 4 is 32.8 Å². The maximum absolute atomic E-state index is 13.1. The van der Waals surface area contributed by atoms with Crippen molar-refractivity contribution in [1.29, 1.82) is 0 Å². The van der Waals surface area contributed by atoms with Crippen molar-refractivity contribution in [3.05, 3.63) is 42.4 Å². The molecule has 1 aliphatic heterocycles. The predicted molar refractivity (Wildman–Crippen MR) is 82.0 cm³/mol. The Kier molecular flexibility index (Phi) is 3.24. The molecule has 8 heteroatoms. The molecule has 0 spiro atoms. The van der Waals surface area contributed by atoms with Crippen LogP contribution in [0.25, 0.3) is 11.0 Å². The van der Waals surface area contributed by atoms with E-state index in [-0.39, 0.29) is 10.9 Å². The zero-order valence-electron chi connectivity index (χ0n) is 11.5. The smallest absolute Gasteiger partial charge is 0.246 e. The van der Waals surface area contributed by atoms with Gasteiger partial charge in [0.1, 0.15) is 21.7 Å². The van der Waals surface area contributed by atoms with Crippen LogP contribution in [0.5, 0.6) is 0 Å². The third-order valence-electron chi connectivity index (χ3n) is 3.91. The van der Waals surface area contributed by atoms with Crippen LogP contribution in [0.15, 0.2) is 45.9 Å². The van der Waals surface area contributed by atoms with Crippen LogP contribution in [0.1, 0.15) is 24.6 Å². The van der Waals surface area contributed by atoms with Gasteiger partial charge in [0.15, 0.2) is 0 Å². The molecule has 3 aromatic rings. The summed E-state index contributed by atoms with van der Waals surface area (Å²) < 4.78 is 41.3. The third-order valence-corrected chi connectivity index (χ3v) is 6.39. The number of rotatable bonds is 3. The number of furan rings is 1. The molecular weight excluding hydrogens is 322 g/mol. The van der Waals surface area contributed by atoms with Gasteiger partial charge in [0.25, 0.3) is 0 Å². The van der Waals surface area contributed by atoms with Gasteiger partial charge in [0, 0.05) is 6.54 Å². The van der Waals surface area contributed by atoms with Gasteiger partial charge in [-0.1, -0.05) is 6.07 Å². The SMILES string of the molecule is O=S(=O)(c1cccc2nsnc12)N1CCC[C@@H]1c1ccco1. The molecule has 114 valence electrons. The maximum atomic E-state index is 13.1. The lowest BCUT2D eigenvalue weighted by molar-refractivity contribution is 0.340. The molecule has 1 fully saturated rings. The van der Waals surface area contributed by atoms with Gasteiger partial charge in [-0.3, -0.25) is 0 Å². The lowest BCUT2D eigenvalue weighted by Crippen LogP contribution is -2.30. The Morgan fingerprint density at radius 1 is 1.23 bits per heavy atom. The molecule has 0 saturated carbocycles. The molecule has 1 atom stereocenters. The largest absolute Gasteiger partial charge is 0.468 e. The second kappa shape index (κ2) is 5.15. The van der Waals surface area contributed by atoms with Gasteiger partial charge in [-0.15, -0.1) is 0 Å². The molecular formula is C14H13N3O3S2. The van der Waals surface area contributed by atoms with E-state index < -0.39 is 10.0 Å². The van der Waals surface area contributed by atoms with Crippen LogP contribution in [0, 0.1) is 0 Å². The zero-order valence-corrected chi connectivity index (χ0v) is 13.2. The van der Waals surface area contributed by atoms with Crippen molar-refractivity contribution in [3.63, 3.8) is 0 Å². The van der Waals surface area contributed by atoms with Crippen LogP contribution in [0.3, 0.4) is 0 Å². The Labute approximate surface area is 131 Å². The highest BCUT2D eigenvalue weighted by molar-refractivity contribution is 7.89. The number of nitrogens with zero attached hydrogens (tertiary/aromatic N) is 3. The molecule has 0 amide bonds. The third kappa shape index (κ3) is 2.06. The molecule has 4 rings (SSSR count). The quantitative estimate of drug-likeness (QED) is 0.735. The fourth-order valence-corrected chi connectivity index (χ4v) is 5.33. The summed E-state index contributed by atoms with van der Waals surface area (Å²) in [7, 11) is -3.63. The number of fused-ring (bicyclic) bond motifs is 1. The van der Waals surface area contributed by atoms with Crippen LogP contribution in [-0.4, -0.2) is 28.0 Å². The van der Waals surface area contributed by atoms with E-state index in [9.17, 15) is 8.42 Å². The van der Waals surface area contributed by atoms with Crippen LogP contribution < -0.4 is 0 Å². The molecule has 1 saturated heterocycles. The van der Waals surface area contributed by atoms with E-state index in [1.54, 1.807) is 30.5 Å². The average molecular weight is 335 g/mol. The van der Waals surface area contributed by atoms with Crippen molar-refractivity contribution in [2.45, 2.75) is 23.8 Å². The van der Waals surface area contributed by atoms with E-state index in [1.807, 2.05) is 6.07 Å². The second-order valence-corrected chi connectivity index (χ2v) is 7.56. The van der Waals surface area contributed by atoms with E-state index in [1.165, 1.54) is 4.31 Å². The average Bonchev–Trinajstić information content (AvgIpc) is 3.25. The van der Waals surface area contributed by atoms with Crippen LogP contribution in [0.2, 0.25) is 0 Å². The Morgan fingerprint density at radius 3 is 2.95 bits per heavy atom. The van der Waals surface area contributed by atoms with Crippen molar-refractivity contribution in [3.8, 4) is 0 Å². The minimum atomic E-state index is -3.63. The molecule has 6 nitrogen and oxygen atoms in total. The number of sulfonamides is 1. The second-order valence-electron chi connectivity index (χ2n) is 5.18. The van der Waals surface area contributed by atoms with E-state index in [0.717, 1.165) is 24.6 Å². The molecule has 2 aromatic heterocycles. The topological polar surface area (TPSA) is 76.3 Å². The van der Waals surface area contributed by atoms with Gasteiger partial charge < -0.3 is 4.42 Å². The summed E-state index contributed by atoms with van der Waals surface area (Å²) in [5.74, 6) is 0.685. The van der Waals surface area contributed by atoms with Crippen molar-refractivity contribution in [2.24, 2.45) is 0 Å². The predicted octanol–water partition coefficient (Wildman–Crippen LogP) is 2.81. The first-order valence-electron chi connectivity index (χ1n) is 6.94. The van der Waals surface area contributed by atoms with Crippen LogP contribution in [-0.2, 0) is 10.0 Å². The monoisotopic (exact) mass is 335 g/mol. The highest BCUT2D eigenvalue weighted by Crippen LogP contribution is 2.37. The zero-order chi connectivity index (χ0) is 15.2. The van der Waals surface area contributed by atoms with Gasteiger partial charge >= 0.3 is 0 Å². The standard InChI is InChI=1S/C14H13N3O3S2/c18-22(19,13-7-1-4-10-14(13)16-21-15-10)17-8-2-5-11(17)12-6-3-9-20-12/h1,3-4,6-7,9,11H,2,5,8H2/t11-/m1/s1. The summed E-state index contributed by atoms with van der Waals surface area (Å²) in [5, 5.41) is 0. The minimum absolute atomic E-state index is 0.220. The number of hydrogen-bond donors (Lipinski definition) is 0. The Morgan fingerprint density at radius 2 is 2.14 bits per heavy atom. The highest BCUT2D eigenvalue weighted by Gasteiger charge is 2.38. The molecule has 0 N–H and O–H groups in total. The van der Waals surface area contributed by atoms with Gasteiger partial charge in [0.05, 0.1) is 24.0 Å².